The van der Waals surface area contributed by atoms with E-state index in [0.717, 1.165) is 25.7 Å². The normalized spacial score (nSPS) is 19.8. The third-order valence-corrected chi connectivity index (χ3v) is 3.67. The summed E-state index contributed by atoms with van der Waals surface area (Å²) in [5.41, 5.74) is -0.538. The Bertz CT molecular complexity index is 219. The predicted molar refractivity (Wildman–Crippen MR) is 65.1 cm³/mol. The minimum atomic E-state index is -0.644. The summed E-state index contributed by atoms with van der Waals surface area (Å²) in [5, 5.41) is 9.44. The first-order chi connectivity index (χ1) is 8.21. The fourth-order valence-electron chi connectivity index (χ4n) is 2.49. The lowest BCUT2D eigenvalue weighted by atomic mass is 9.78. The van der Waals surface area contributed by atoms with Gasteiger partial charge in [0.1, 0.15) is 0 Å². The van der Waals surface area contributed by atoms with Crippen LogP contribution in [0, 0.1) is 5.41 Å². The number of hydrogen-bond donors (Lipinski definition) is 1. The molecule has 0 spiro atoms. The van der Waals surface area contributed by atoms with Crippen molar-refractivity contribution in [1.29, 1.82) is 0 Å². The van der Waals surface area contributed by atoms with Crippen LogP contribution in [-0.4, -0.2) is 38.0 Å². The van der Waals surface area contributed by atoms with Crippen molar-refractivity contribution in [3.05, 3.63) is 0 Å². The highest BCUT2D eigenvalue weighted by molar-refractivity contribution is 5.74. The summed E-state index contributed by atoms with van der Waals surface area (Å²) in [6, 6.07) is 0. The number of hydrogen-bond acceptors (Lipinski definition) is 3. The van der Waals surface area contributed by atoms with Gasteiger partial charge in [-0.1, -0.05) is 25.7 Å². The molecule has 4 heteroatoms. The molecule has 0 radical (unpaired) electrons. The van der Waals surface area contributed by atoms with Gasteiger partial charge in [0.15, 0.2) is 0 Å². The Morgan fingerprint density at radius 2 is 1.76 bits per heavy atom. The standard InChI is InChI=1S/C13H24O4/c1-16-10-11-17-9-8-13(12(14)15)6-4-2-3-5-7-13/h2-11H2,1H3,(H,14,15). The van der Waals surface area contributed by atoms with Gasteiger partial charge in [-0.3, -0.25) is 4.79 Å². The number of carboxylic acid groups (broad SMARTS) is 1. The van der Waals surface area contributed by atoms with E-state index in [0.29, 0.717) is 26.2 Å². The van der Waals surface area contributed by atoms with Gasteiger partial charge in [0.25, 0.3) is 0 Å². The molecule has 0 atom stereocenters. The zero-order valence-corrected chi connectivity index (χ0v) is 10.7. The van der Waals surface area contributed by atoms with Gasteiger partial charge in [-0.2, -0.15) is 0 Å². The number of rotatable bonds is 7. The first-order valence-corrected chi connectivity index (χ1v) is 6.51. The van der Waals surface area contributed by atoms with Crippen LogP contribution in [0.5, 0.6) is 0 Å². The second-order valence-electron chi connectivity index (χ2n) is 4.85. The van der Waals surface area contributed by atoms with Crippen molar-refractivity contribution in [1.82, 2.24) is 0 Å². The minimum Gasteiger partial charge on any atom is -0.481 e. The van der Waals surface area contributed by atoms with Crippen LogP contribution >= 0.6 is 0 Å². The summed E-state index contributed by atoms with van der Waals surface area (Å²) < 4.78 is 10.3. The van der Waals surface area contributed by atoms with Gasteiger partial charge >= 0.3 is 5.97 Å². The van der Waals surface area contributed by atoms with Gasteiger partial charge in [0.05, 0.1) is 18.6 Å². The maximum absolute atomic E-state index is 11.5. The molecule has 0 saturated heterocycles. The molecular weight excluding hydrogens is 220 g/mol. The molecular formula is C13H24O4. The zero-order valence-electron chi connectivity index (χ0n) is 10.7. The Morgan fingerprint density at radius 3 is 2.29 bits per heavy atom. The molecule has 0 amide bonds. The highest BCUT2D eigenvalue weighted by atomic mass is 16.5. The van der Waals surface area contributed by atoms with Crippen LogP contribution in [0.25, 0.3) is 0 Å². The fourth-order valence-corrected chi connectivity index (χ4v) is 2.49. The summed E-state index contributed by atoms with van der Waals surface area (Å²) >= 11 is 0. The Morgan fingerprint density at radius 1 is 1.12 bits per heavy atom. The molecule has 0 aromatic heterocycles. The molecule has 1 rings (SSSR count). The molecule has 1 N–H and O–H groups in total. The van der Waals surface area contributed by atoms with E-state index in [-0.39, 0.29) is 0 Å². The fraction of sp³-hybridized carbons (Fsp3) is 0.923. The highest BCUT2D eigenvalue weighted by Gasteiger charge is 2.38. The molecule has 1 aliphatic carbocycles. The van der Waals surface area contributed by atoms with Gasteiger partial charge in [0.2, 0.25) is 0 Å². The minimum absolute atomic E-state index is 0.523. The maximum Gasteiger partial charge on any atom is 0.309 e. The van der Waals surface area contributed by atoms with Crippen LogP contribution in [-0.2, 0) is 14.3 Å². The summed E-state index contributed by atoms with van der Waals surface area (Å²) in [4.78, 5) is 11.5. The summed E-state index contributed by atoms with van der Waals surface area (Å²) in [6.07, 6.45) is 6.63. The largest absolute Gasteiger partial charge is 0.481 e. The van der Waals surface area contributed by atoms with Crippen molar-refractivity contribution in [2.24, 2.45) is 5.41 Å². The average Bonchev–Trinajstić information content (AvgIpc) is 2.55. The van der Waals surface area contributed by atoms with Crippen molar-refractivity contribution in [3.63, 3.8) is 0 Å². The molecule has 0 unspecified atom stereocenters. The van der Waals surface area contributed by atoms with Crippen LogP contribution in [0.1, 0.15) is 44.9 Å². The van der Waals surface area contributed by atoms with Gasteiger partial charge in [-0.05, 0) is 19.3 Å². The highest BCUT2D eigenvalue weighted by Crippen LogP contribution is 2.38. The second-order valence-corrected chi connectivity index (χ2v) is 4.85. The molecule has 1 fully saturated rings. The van der Waals surface area contributed by atoms with E-state index in [1.54, 1.807) is 7.11 Å². The van der Waals surface area contributed by atoms with E-state index in [4.69, 9.17) is 9.47 Å². The summed E-state index contributed by atoms with van der Waals surface area (Å²) in [5.74, 6) is -0.644. The Balaban J connectivity index is 2.38. The zero-order chi connectivity index (χ0) is 12.6. The third kappa shape index (κ3) is 4.64. The van der Waals surface area contributed by atoms with Crippen LogP contribution in [0.3, 0.4) is 0 Å². The topological polar surface area (TPSA) is 55.8 Å². The van der Waals surface area contributed by atoms with E-state index < -0.39 is 11.4 Å². The van der Waals surface area contributed by atoms with Gasteiger partial charge in [0, 0.05) is 13.7 Å². The van der Waals surface area contributed by atoms with E-state index in [9.17, 15) is 9.90 Å². The Hall–Kier alpha value is -0.610. The molecule has 1 saturated carbocycles. The number of carboxylic acids is 1. The number of carbonyl (C=O) groups is 1. The molecule has 0 bridgehead atoms. The Kier molecular flexibility index (Phi) is 6.52. The van der Waals surface area contributed by atoms with Gasteiger partial charge in [-0.15, -0.1) is 0 Å². The molecule has 0 aromatic carbocycles. The average molecular weight is 244 g/mol. The molecule has 1 aliphatic rings. The van der Waals surface area contributed by atoms with Crippen molar-refractivity contribution in [3.8, 4) is 0 Å². The van der Waals surface area contributed by atoms with Crippen molar-refractivity contribution < 1.29 is 19.4 Å². The number of methoxy groups -OCH3 is 1. The van der Waals surface area contributed by atoms with Crippen molar-refractivity contribution >= 4 is 5.97 Å². The van der Waals surface area contributed by atoms with Crippen LogP contribution in [0.4, 0.5) is 0 Å². The van der Waals surface area contributed by atoms with Gasteiger partial charge in [-0.25, -0.2) is 0 Å². The first-order valence-electron chi connectivity index (χ1n) is 6.51. The lowest BCUT2D eigenvalue weighted by Gasteiger charge is -2.27. The number of aliphatic carboxylic acids is 1. The molecule has 4 nitrogen and oxygen atoms in total. The molecule has 0 aromatic rings. The lowest BCUT2D eigenvalue weighted by molar-refractivity contribution is -0.151. The molecule has 0 heterocycles. The predicted octanol–water partition coefficient (Wildman–Crippen LogP) is 2.46. The van der Waals surface area contributed by atoms with E-state index in [2.05, 4.69) is 0 Å². The summed E-state index contributed by atoms with van der Waals surface area (Å²) in [6.45, 7) is 1.64. The number of ether oxygens (including phenoxy) is 2. The second kappa shape index (κ2) is 7.67. The lowest BCUT2D eigenvalue weighted by Crippen LogP contribution is -2.32. The summed E-state index contributed by atoms with van der Waals surface area (Å²) in [7, 11) is 1.63. The van der Waals surface area contributed by atoms with Crippen molar-refractivity contribution in [2.75, 3.05) is 26.9 Å². The third-order valence-electron chi connectivity index (χ3n) is 3.67. The van der Waals surface area contributed by atoms with Crippen molar-refractivity contribution in [2.45, 2.75) is 44.9 Å². The van der Waals surface area contributed by atoms with Crippen LogP contribution in [0.15, 0.2) is 0 Å². The van der Waals surface area contributed by atoms with E-state index >= 15 is 0 Å². The quantitative estimate of drug-likeness (QED) is 0.552. The van der Waals surface area contributed by atoms with E-state index in [1.807, 2.05) is 0 Å². The smallest absolute Gasteiger partial charge is 0.309 e. The van der Waals surface area contributed by atoms with Crippen LogP contribution < -0.4 is 0 Å². The van der Waals surface area contributed by atoms with E-state index in [1.165, 1.54) is 12.8 Å². The molecule has 0 aliphatic heterocycles. The van der Waals surface area contributed by atoms with Crippen LogP contribution in [0.2, 0.25) is 0 Å². The SMILES string of the molecule is COCCOCCC1(C(=O)O)CCCCCC1. The molecule has 100 valence electrons. The monoisotopic (exact) mass is 244 g/mol. The first kappa shape index (κ1) is 14.5. The van der Waals surface area contributed by atoms with Gasteiger partial charge < -0.3 is 14.6 Å². The maximum atomic E-state index is 11.5. The Labute approximate surface area is 103 Å². The molecule has 17 heavy (non-hydrogen) atoms.